The highest BCUT2D eigenvalue weighted by Gasteiger charge is 2.56. The molecule has 0 unspecified atom stereocenters. The highest BCUT2D eigenvalue weighted by molar-refractivity contribution is 6.05. The number of aliphatic hydroxyl groups is 1. The fourth-order valence-electron chi connectivity index (χ4n) is 3.82. The molecule has 4 heteroatoms. The Morgan fingerprint density at radius 2 is 2.27 bits per heavy atom. The van der Waals surface area contributed by atoms with Crippen molar-refractivity contribution < 1.29 is 14.6 Å². The van der Waals surface area contributed by atoms with Crippen LogP contribution in [0.4, 0.5) is 5.69 Å². The molecule has 0 bridgehead atoms. The van der Waals surface area contributed by atoms with Gasteiger partial charge in [0, 0.05) is 24.1 Å². The minimum atomic E-state index is -1.08. The largest absolute Gasteiger partial charge is 0.389 e. The highest BCUT2D eigenvalue weighted by atomic mass is 16.5. The van der Waals surface area contributed by atoms with E-state index in [1.165, 1.54) is 0 Å². The van der Waals surface area contributed by atoms with Crippen molar-refractivity contribution in [2.45, 2.75) is 56.3 Å². The molecule has 1 spiro atoms. The second kappa shape index (κ2) is 5.52. The minimum absolute atomic E-state index is 0.124. The van der Waals surface area contributed by atoms with Crippen LogP contribution < -0.4 is 5.32 Å². The van der Waals surface area contributed by atoms with Gasteiger partial charge in [-0.15, -0.1) is 6.58 Å². The summed E-state index contributed by atoms with van der Waals surface area (Å²) in [5.41, 5.74) is -0.407. The van der Waals surface area contributed by atoms with Crippen LogP contribution in [0, 0.1) is 0 Å². The maximum atomic E-state index is 12.7. The molecule has 2 aliphatic heterocycles. The summed E-state index contributed by atoms with van der Waals surface area (Å²) >= 11 is 0. The van der Waals surface area contributed by atoms with Crippen LogP contribution in [-0.4, -0.2) is 22.7 Å². The van der Waals surface area contributed by atoms with Gasteiger partial charge in [-0.25, -0.2) is 0 Å². The van der Waals surface area contributed by atoms with Gasteiger partial charge < -0.3 is 15.2 Å². The Balaban J connectivity index is 2.04. The number of carbonyl (C=O) groups is 1. The molecule has 2 aliphatic rings. The van der Waals surface area contributed by atoms with Crippen LogP contribution in [0.5, 0.6) is 0 Å². The third-order valence-electron chi connectivity index (χ3n) is 4.67. The van der Waals surface area contributed by atoms with Crippen LogP contribution in [0.3, 0.4) is 0 Å². The smallest absolute Gasteiger partial charge is 0.261 e. The van der Waals surface area contributed by atoms with E-state index < -0.39 is 11.2 Å². The van der Waals surface area contributed by atoms with E-state index in [0.717, 1.165) is 24.1 Å². The summed E-state index contributed by atoms with van der Waals surface area (Å²) in [7, 11) is 0. The summed E-state index contributed by atoms with van der Waals surface area (Å²) < 4.78 is 6.25. The number of hydrogen-bond donors (Lipinski definition) is 2. The molecule has 0 radical (unpaired) electrons. The Morgan fingerprint density at radius 3 is 3.00 bits per heavy atom. The second-order valence-corrected chi connectivity index (χ2v) is 6.45. The Hall–Kier alpha value is -1.65. The summed E-state index contributed by atoms with van der Waals surface area (Å²) in [5.74, 6) is -0.169. The van der Waals surface area contributed by atoms with Crippen molar-refractivity contribution in [1.82, 2.24) is 0 Å². The molecule has 0 aliphatic carbocycles. The Bertz CT molecular complexity index is 600. The van der Waals surface area contributed by atoms with Gasteiger partial charge in [-0.2, -0.15) is 0 Å². The number of nitrogens with one attached hydrogen (secondary N) is 1. The zero-order valence-corrected chi connectivity index (χ0v) is 13.0. The molecule has 0 saturated carbocycles. The molecule has 1 aromatic rings. The van der Waals surface area contributed by atoms with Crippen molar-refractivity contribution in [2.24, 2.45) is 0 Å². The Kier molecular flexibility index (Phi) is 3.83. The van der Waals surface area contributed by atoms with Gasteiger partial charge in [0.2, 0.25) is 0 Å². The van der Waals surface area contributed by atoms with Gasteiger partial charge in [0.25, 0.3) is 5.91 Å². The number of fused-ring (bicyclic) bond motifs is 2. The molecule has 1 amide bonds. The van der Waals surface area contributed by atoms with E-state index in [2.05, 4.69) is 18.8 Å². The van der Waals surface area contributed by atoms with Crippen LogP contribution in [0.2, 0.25) is 0 Å². The zero-order valence-electron chi connectivity index (χ0n) is 13.0. The van der Waals surface area contributed by atoms with Crippen LogP contribution in [0.1, 0.15) is 44.6 Å². The number of anilines is 1. The topological polar surface area (TPSA) is 58.6 Å². The van der Waals surface area contributed by atoms with Crippen molar-refractivity contribution in [3.63, 3.8) is 0 Å². The molecule has 2 heterocycles. The quantitative estimate of drug-likeness (QED) is 0.840. The van der Waals surface area contributed by atoms with Gasteiger partial charge in [0.1, 0.15) is 0 Å². The molecule has 2 N–H and O–H groups in total. The van der Waals surface area contributed by atoms with Crippen LogP contribution in [-0.2, 0) is 15.1 Å². The lowest BCUT2D eigenvalue weighted by Gasteiger charge is -2.45. The minimum Gasteiger partial charge on any atom is -0.389 e. The van der Waals surface area contributed by atoms with E-state index in [9.17, 15) is 9.90 Å². The summed E-state index contributed by atoms with van der Waals surface area (Å²) in [6, 6.07) is 7.58. The fraction of sp³-hybridized carbons (Fsp3) is 0.500. The normalized spacial score (nSPS) is 33.5. The van der Waals surface area contributed by atoms with Crippen molar-refractivity contribution in [3.05, 3.63) is 42.5 Å². The molecule has 1 fully saturated rings. The molecular formula is C18H23NO3. The molecule has 22 heavy (non-hydrogen) atoms. The average molecular weight is 301 g/mol. The first-order chi connectivity index (χ1) is 10.5. The van der Waals surface area contributed by atoms with E-state index in [0.29, 0.717) is 12.8 Å². The van der Waals surface area contributed by atoms with E-state index in [1.54, 1.807) is 6.08 Å². The molecule has 1 aromatic carbocycles. The summed E-state index contributed by atoms with van der Waals surface area (Å²) in [5, 5.41) is 13.9. The molecule has 118 valence electrons. The first-order valence-corrected chi connectivity index (χ1v) is 7.95. The standard InChI is InChI=1S/C18H23NO3/c1-3-7-13-11-17(21,10-4-2)12-18(22-13)14-8-5-6-9-15(14)19-16(18)20/h4-6,8-9,13,21H,2-3,7,10-12H2,1H3,(H,19,20)/t13-,17-,18-/m1/s1. The lowest BCUT2D eigenvalue weighted by molar-refractivity contribution is -0.201. The van der Waals surface area contributed by atoms with Gasteiger partial charge in [-0.3, -0.25) is 4.79 Å². The monoisotopic (exact) mass is 301 g/mol. The number of rotatable bonds is 4. The third-order valence-corrected chi connectivity index (χ3v) is 4.67. The van der Waals surface area contributed by atoms with Gasteiger partial charge in [-0.1, -0.05) is 37.6 Å². The van der Waals surface area contributed by atoms with Crippen molar-refractivity contribution in [1.29, 1.82) is 0 Å². The fourth-order valence-corrected chi connectivity index (χ4v) is 3.82. The van der Waals surface area contributed by atoms with Gasteiger partial charge >= 0.3 is 0 Å². The van der Waals surface area contributed by atoms with Crippen LogP contribution in [0.15, 0.2) is 36.9 Å². The first-order valence-electron chi connectivity index (χ1n) is 7.95. The molecule has 3 atom stereocenters. The van der Waals surface area contributed by atoms with E-state index in [-0.39, 0.29) is 18.4 Å². The van der Waals surface area contributed by atoms with E-state index in [4.69, 9.17) is 4.74 Å². The average Bonchev–Trinajstić information content (AvgIpc) is 2.71. The van der Waals surface area contributed by atoms with Crippen molar-refractivity contribution in [3.8, 4) is 0 Å². The Labute approximate surface area is 131 Å². The summed E-state index contributed by atoms with van der Waals surface area (Å²) in [4.78, 5) is 12.7. The van der Waals surface area contributed by atoms with Gasteiger partial charge in [-0.05, 0) is 18.9 Å². The molecule has 3 rings (SSSR count). The van der Waals surface area contributed by atoms with Crippen molar-refractivity contribution in [2.75, 3.05) is 5.32 Å². The SMILES string of the molecule is C=CC[C@@]1(O)C[C@@H](CCC)O[C@@]2(C1)C(=O)Nc1ccccc12. The lowest BCUT2D eigenvalue weighted by Crippen LogP contribution is -2.53. The van der Waals surface area contributed by atoms with Crippen molar-refractivity contribution >= 4 is 11.6 Å². The number of carbonyl (C=O) groups excluding carboxylic acids is 1. The summed E-state index contributed by atoms with van der Waals surface area (Å²) in [6.45, 7) is 5.83. The van der Waals surface area contributed by atoms with E-state index in [1.807, 2.05) is 24.3 Å². The predicted molar refractivity (Wildman–Crippen MR) is 85.5 cm³/mol. The zero-order chi connectivity index (χ0) is 15.8. The number of para-hydroxylation sites is 1. The van der Waals surface area contributed by atoms with Crippen LogP contribution >= 0.6 is 0 Å². The van der Waals surface area contributed by atoms with E-state index >= 15 is 0 Å². The predicted octanol–water partition coefficient (Wildman–Crippen LogP) is 3.12. The molecule has 1 saturated heterocycles. The van der Waals surface area contributed by atoms with Crippen LogP contribution in [0.25, 0.3) is 0 Å². The lowest BCUT2D eigenvalue weighted by atomic mass is 9.75. The highest BCUT2D eigenvalue weighted by Crippen LogP contribution is 2.50. The number of amides is 1. The third kappa shape index (κ3) is 2.36. The first kappa shape index (κ1) is 15.3. The molecule has 0 aromatic heterocycles. The molecule has 4 nitrogen and oxygen atoms in total. The summed E-state index contributed by atoms with van der Waals surface area (Å²) in [6.07, 6.45) is 4.67. The maximum absolute atomic E-state index is 12.7. The number of benzene rings is 1. The number of ether oxygens (including phenoxy) is 1. The number of hydrogen-bond acceptors (Lipinski definition) is 3. The second-order valence-electron chi connectivity index (χ2n) is 6.45. The Morgan fingerprint density at radius 1 is 1.50 bits per heavy atom. The van der Waals surface area contributed by atoms with Gasteiger partial charge in [0.15, 0.2) is 5.60 Å². The molecular weight excluding hydrogens is 278 g/mol. The maximum Gasteiger partial charge on any atom is 0.261 e. The van der Waals surface area contributed by atoms with Gasteiger partial charge in [0.05, 0.1) is 11.7 Å².